The molecule has 2 aromatic carbocycles. The third-order valence-corrected chi connectivity index (χ3v) is 5.25. The first-order chi connectivity index (χ1) is 13.6. The normalized spacial score (nSPS) is 18.9. The van der Waals surface area contributed by atoms with Gasteiger partial charge in [0.1, 0.15) is 11.6 Å². The third-order valence-electron chi connectivity index (χ3n) is 5.25. The Kier molecular flexibility index (Phi) is 6.63. The van der Waals surface area contributed by atoms with Crippen LogP contribution in [0.1, 0.15) is 31.2 Å². The van der Waals surface area contributed by atoms with Crippen molar-refractivity contribution in [2.24, 2.45) is 11.8 Å². The lowest BCUT2D eigenvalue weighted by molar-refractivity contribution is -0.128. The van der Waals surface area contributed by atoms with Gasteiger partial charge < -0.3 is 15.4 Å². The number of carbonyl (C=O) groups excluding carboxylic acids is 2. The first-order valence-electron chi connectivity index (χ1n) is 9.53. The van der Waals surface area contributed by atoms with E-state index in [1.807, 2.05) is 24.3 Å². The largest absolute Gasteiger partial charge is 0.496 e. The number of benzene rings is 2. The van der Waals surface area contributed by atoms with E-state index >= 15 is 0 Å². The Morgan fingerprint density at radius 2 is 1.57 bits per heavy atom. The molecule has 2 amide bonds. The summed E-state index contributed by atoms with van der Waals surface area (Å²) in [6.45, 7) is 0.413. The molecule has 1 aliphatic rings. The zero-order valence-electron chi connectivity index (χ0n) is 15.9. The fourth-order valence-corrected chi connectivity index (χ4v) is 3.59. The van der Waals surface area contributed by atoms with Crippen LogP contribution in [0.4, 0.5) is 10.1 Å². The van der Waals surface area contributed by atoms with Crippen LogP contribution in [0.25, 0.3) is 0 Å². The molecular formula is C22H25FN2O3. The molecule has 0 radical (unpaired) electrons. The van der Waals surface area contributed by atoms with Crippen molar-refractivity contribution >= 4 is 17.5 Å². The molecule has 0 aromatic heterocycles. The van der Waals surface area contributed by atoms with Gasteiger partial charge >= 0.3 is 0 Å². The van der Waals surface area contributed by atoms with Gasteiger partial charge in [-0.3, -0.25) is 9.59 Å². The van der Waals surface area contributed by atoms with Crippen molar-refractivity contribution in [2.45, 2.75) is 32.2 Å². The number of carbonyl (C=O) groups is 2. The van der Waals surface area contributed by atoms with E-state index in [0.717, 1.165) is 11.3 Å². The minimum absolute atomic E-state index is 0.00105. The quantitative estimate of drug-likeness (QED) is 0.794. The second-order valence-corrected chi connectivity index (χ2v) is 7.05. The maximum absolute atomic E-state index is 13.7. The summed E-state index contributed by atoms with van der Waals surface area (Å²) >= 11 is 0. The summed E-state index contributed by atoms with van der Waals surface area (Å²) in [5.74, 6) is -0.182. The number of anilines is 1. The molecule has 2 N–H and O–H groups in total. The van der Waals surface area contributed by atoms with E-state index in [0.29, 0.717) is 32.2 Å². The zero-order valence-corrected chi connectivity index (χ0v) is 15.9. The van der Waals surface area contributed by atoms with E-state index in [1.54, 1.807) is 25.3 Å². The van der Waals surface area contributed by atoms with E-state index in [1.165, 1.54) is 6.07 Å². The number of methoxy groups -OCH3 is 1. The standard InChI is InChI=1S/C22H25FN2O3/c1-28-20-9-5-2-6-17(20)14-24-21(26)15-10-12-16(13-11-15)22(27)25-19-8-4-3-7-18(19)23/h2-9,15-16H,10-14H2,1H3,(H,24,26)(H,25,27). The van der Waals surface area contributed by atoms with Crippen LogP contribution in [0, 0.1) is 17.7 Å². The number of hydrogen-bond acceptors (Lipinski definition) is 3. The van der Waals surface area contributed by atoms with Gasteiger partial charge in [0.25, 0.3) is 0 Å². The molecule has 5 nitrogen and oxygen atoms in total. The molecular weight excluding hydrogens is 359 g/mol. The Bertz CT molecular complexity index is 832. The summed E-state index contributed by atoms with van der Waals surface area (Å²) in [4.78, 5) is 24.9. The van der Waals surface area contributed by atoms with Crippen molar-refractivity contribution in [3.63, 3.8) is 0 Å². The highest BCUT2D eigenvalue weighted by molar-refractivity contribution is 5.92. The van der Waals surface area contributed by atoms with Crippen molar-refractivity contribution in [1.82, 2.24) is 5.32 Å². The molecule has 2 aromatic rings. The Labute approximate surface area is 164 Å². The minimum atomic E-state index is -0.444. The van der Waals surface area contributed by atoms with Crippen molar-refractivity contribution in [2.75, 3.05) is 12.4 Å². The molecule has 0 atom stereocenters. The highest BCUT2D eigenvalue weighted by atomic mass is 19.1. The Morgan fingerprint density at radius 3 is 2.25 bits per heavy atom. The highest BCUT2D eigenvalue weighted by Gasteiger charge is 2.30. The first kappa shape index (κ1) is 19.9. The molecule has 0 saturated heterocycles. The van der Waals surface area contributed by atoms with E-state index in [-0.39, 0.29) is 29.3 Å². The fraction of sp³-hybridized carbons (Fsp3) is 0.364. The fourth-order valence-electron chi connectivity index (χ4n) is 3.59. The molecule has 1 saturated carbocycles. The van der Waals surface area contributed by atoms with Crippen LogP contribution in [-0.2, 0) is 16.1 Å². The van der Waals surface area contributed by atoms with Gasteiger partial charge in [0.15, 0.2) is 0 Å². The number of ether oxygens (including phenoxy) is 1. The second kappa shape index (κ2) is 9.35. The second-order valence-electron chi connectivity index (χ2n) is 7.05. The maximum Gasteiger partial charge on any atom is 0.227 e. The van der Waals surface area contributed by atoms with Crippen LogP contribution in [0.15, 0.2) is 48.5 Å². The van der Waals surface area contributed by atoms with Gasteiger partial charge in [-0.2, -0.15) is 0 Å². The summed E-state index contributed by atoms with van der Waals surface area (Å²) in [6.07, 6.45) is 2.53. The summed E-state index contributed by atoms with van der Waals surface area (Å²) in [6, 6.07) is 13.7. The number of rotatable bonds is 6. The Balaban J connectivity index is 1.47. The molecule has 0 aliphatic heterocycles. The van der Waals surface area contributed by atoms with Gasteiger partial charge in [-0.25, -0.2) is 4.39 Å². The summed E-state index contributed by atoms with van der Waals surface area (Å²) < 4.78 is 19.0. The van der Waals surface area contributed by atoms with Gasteiger partial charge in [0, 0.05) is 23.9 Å². The third kappa shape index (κ3) is 4.88. The van der Waals surface area contributed by atoms with Gasteiger partial charge in [-0.05, 0) is 43.9 Å². The zero-order chi connectivity index (χ0) is 19.9. The lowest BCUT2D eigenvalue weighted by Gasteiger charge is -2.27. The molecule has 28 heavy (non-hydrogen) atoms. The number of nitrogens with one attached hydrogen (secondary N) is 2. The Hall–Kier alpha value is -2.89. The van der Waals surface area contributed by atoms with Gasteiger partial charge in [-0.15, -0.1) is 0 Å². The molecule has 0 heterocycles. The molecule has 148 valence electrons. The average molecular weight is 384 g/mol. The van der Waals surface area contributed by atoms with Gasteiger partial charge in [0.05, 0.1) is 12.8 Å². The SMILES string of the molecule is COc1ccccc1CNC(=O)C1CCC(C(=O)Nc2ccccc2F)CC1. The predicted octanol–water partition coefficient (Wildman–Crippen LogP) is 3.90. The molecule has 1 aliphatic carbocycles. The number of hydrogen-bond donors (Lipinski definition) is 2. The number of para-hydroxylation sites is 2. The number of amides is 2. The van der Waals surface area contributed by atoms with Crippen molar-refractivity contribution < 1.29 is 18.7 Å². The minimum Gasteiger partial charge on any atom is -0.496 e. The van der Waals surface area contributed by atoms with Crippen molar-refractivity contribution in [1.29, 1.82) is 0 Å². The van der Waals surface area contributed by atoms with Crippen LogP contribution < -0.4 is 15.4 Å². The molecule has 0 unspecified atom stereocenters. The van der Waals surface area contributed by atoms with Crippen LogP contribution in [-0.4, -0.2) is 18.9 Å². The Morgan fingerprint density at radius 1 is 0.964 bits per heavy atom. The van der Waals surface area contributed by atoms with Crippen molar-refractivity contribution in [3.05, 3.63) is 59.9 Å². The molecule has 6 heteroatoms. The summed E-state index contributed by atoms with van der Waals surface area (Å²) in [5.41, 5.74) is 1.13. The van der Waals surface area contributed by atoms with E-state index < -0.39 is 5.82 Å². The van der Waals surface area contributed by atoms with E-state index in [2.05, 4.69) is 10.6 Å². The van der Waals surface area contributed by atoms with Crippen LogP contribution in [0.3, 0.4) is 0 Å². The van der Waals surface area contributed by atoms with E-state index in [9.17, 15) is 14.0 Å². The van der Waals surface area contributed by atoms with Gasteiger partial charge in [0.2, 0.25) is 11.8 Å². The lowest BCUT2D eigenvalue weighted by atomic mass is 9.81. The number of halogens is 1. The molecule has 1 fully saturated rings. The van der Waals surface area contributed by atoms with Crippen LogP contribution in [0.2, 0.25) is 0 Å². The molecule has 3 rings (SSSR count). The first-order valence-corrected chi connectivity index (χ1v) is 9.53. The van der Waals surface area contributed by atoms with Gasteiger partial charge in [-0.1, -0.05) is 30.3 Å². The predicted molar refractivity (Wildman–Crippen MR) is 105 cm³/mol. The van der Waals surface area contributed by atoms with E-state index in [4.69, 9.17) is 4.74 Å². The highest BCUT2D eigenvalue weighted by Crippen LogP contribution is 2.30. The summed E-state index contributed by atoms with van der Waals surface area (Å²) in [5, 5.41) is 5.62. The monoisotopic (exact) mass is 384 g/mol. The van der Waals surface area contributed by atoms with Crippen LogP contribution >= 0.6 is 0 Å². The summed E-state index contributed by atoms with van der Waals surface area (Å²) in [7, 11) is 1.61. The van der Waals surface area contributed by atoms with Crippen molar-refractivity contribution in [3.8, 4) is 5.75 Å². The maximum atomic E-state index is 13.7. The smallest absolute Gasteiger partial charge is 0.227 e. The lowest BCUT2D eigenvalue weighted by Crippen LogP contribution is -2.35. The topological polar surface area (TPSA) is 67.4 Å². The average Bonchev–Trinajstić information content (AvgIpc) is 2.74. The van der Waals surface area contributed by atoms with Crippen LogP contribution in [0.5, 0.6) is 5.75 Å². The molecule has 0 spiro atoms. The molecule has 0 bridgehead atoms.